The Hall–Kier alpha value is -1.35. The molecule has 0 spiro atoms. The van der Waals surface area contributed by atoms with Crippen LogP contribution in [0.25, 0.3) is 0 Å². The van der Waals surface area contributed by atoms with Crippen LogP contribution in [0.3, 0.4) is 0 Å². The van der Waals surface area contributed by atoms with Crippen LogP contribution < -0.4 is 0 Å². The lowest BCUT2D eigenvalue weighted by molar-refractivity contribution is 0.0696. The highest BCUT2D eigenvalue weighted by Gasteiger charge is 2.22. The SMILES string of the molecule is CCN1CCCCC1c1cccc(C(=O)O)c1. The Kier molecular flexibility index (Phi) is 3.79. The summed E-state index contributed by atoms with van der Waals surface area (Å²) < 4.78 is 0. The number of aromatic carboxylic acids is 1. The minimum atomic E-state index is -0.842. The lowest BCUT2D eigenvalue weighted by atomic mass is 9.94. The predicted octanol–water partition coefficient (Wildman–Crippen LogP) is 2.93. The van der Waals surface area contributed by atoms with Crippen molar-refractivity contribution in [1.82, 2.24) is 4.90 Å². The maximum Gasteiger partial charge on any atom is 0.335 e. The molecule has 0 saturated carbocycles. The third-order valence-corrected chi connectivity index (χ3v) is 3.54. The van der Waals surface area contributed by atoms with Crippen LogP contribution in [0, 0.1) is 0 Å². The molecule has 1 aliphatic heterocycles. The fourth-order valence-electron chi connectivity index (χ4n) is 2.63. The van der Waals surface area contributed by atoms with Gasteiger partial charge in [0.05, 0.1) is 5.56 Å². The first-order chi connectivity index (χ1) is 8.22. The molecule has 1 aromatic rings. The lowest BCUT2D eigenvalue weighted by Gasteiger charge is -2.35. The zero-order valence-electron chi connectivity index (χ0n) is 10.2. The van der Waals surface area contributed by atoms with Crippen LogP contribution in [0.1, 0.15) is 48.1 Å². The minimum Gasteiger partial charge on any atom is -0.478 e. The summed E-state index contributed by atoms with van der Waals surface area (Å²) in [5.41, 5.74) is 1.54. The van der Waals surface area contributed by atoms with Gasteiger partial charge in [-0.15, -0.1) is 0 Å². The highest BCUT2D eigenvalue weighted by Crippen LogP contribution is 2.30. The molecule has 3 heteroatoms. The van der Waals surface area contributed by atoms with E-state index in [0.29, 0.717) is 11.6 Å². The monoisotopic (exact) mass is 233 g/mol. The van der Waals surface area contributed by atoms with Gasteiger partial charge in [0, 0.05) is 6.04 Å². The van der Waals surface area contributed by atoms with Crippen molar-refractivity contribution in [1.29, 1.82) is 0 Å². The first-order valence-corrected chi connectivity index (χ1v) is 6.29. The number of carboxylic acid groups (broad SMARTS) is 1. The largest absolute Gasteiger partial charge is 0.478 e. The molecule has 0 aromatic heterocycles. The molecule has 1 aromatic carbocycles. The van der Waals surface area contributed by atoms with E-state index in [2.05, 4.69) is 11.8 Å². The average Bonchev–Trinajstić information content (AvgIpc) is 2.39. The first kappa shape index (κ1) is 12.1. The zero-order valence-corrected chi connectivity index (χ0v) is 10.2. The van der Waals surface area contributed by atoms with E-state index in [0.717, 1.165) is 25.1 Å². The van der Waals surface area contributed by atoms with Crippen LogP contribution in [0.4, 0.5) is 0 Å². The Balaban J connectivity index is 2.25. The van der Waals surface area contributed by atoms with E-state index in [-0.39, 0.29) is 0 Å². The van der Waals surface area contributed by atoms with E-state index in [1.54, 1.807) is 6.07 Å². The molecule has 1 atom stereocenters. The Bertz CT molecular complexity index is 403. The third-order valence-electron chi connectivity index (χ3n) is 3.54. The maximum absolute atomic E-state index is 11.0. The highest BCUT2D eigenvalue weighted by molar-refractivity contribution is 5.87. The van der Waals surface area contributed by atoms with Crippen LogP contribution in [-0.4, -0.2) is 29.1 Å². The van der Waals surface area contributed by atoms with Gasteiger partial charge in [-0.05, 0) is 43.6 Å². The normalized spacial score (nSPS) is 21.4. The molecule has 1 N–H and O–H groups in total. The lowest BCUT2D eigenvalue weighted by Crippen LogP contribution is -2.33. The Morgan fingerprint density at radius 3 is 3.00 bits per heavy atom. The quantitative estimate of drug-likeness (QED) is 0.872. The Morgan fingerprint density at radius 1 is 1.47 bits per heavy atom. The van der Waals surface area contributed by atoms with E-state index in [1.807, 2.05) is 18.2 Å². The van der Waals surface area contributed by atoms with Gasteiger partial charge in [0.1, 0.15) is 0 Å². The number of benzene rings is 1. The molecule has 3 nitrogen and oxygen atoms in total. The summed E-state index contributed by atoms with van der Waals surface area (Å²) in [6.45, 7) is 4.32. The van der Waals surface area contributed by atoms with Gasteiger partial charge in [-0.1, -0.05) is 25.5 Å². The number of rotatable bonds is 3. The maximum atomic E-state index is 11.0. The molecular weight excluding hydrogens is 214 g/mol. The van der Waals surface area contributed by atoms with E-state index < -0.39 is 5.97 Å². The van der Waals surface area contributed by atoms with Crippen LogP contribution in [-0.2, 0) is 0 Å². The molecule has 2 rings (SSSR count). The number of carboxylic acids is 1. The van der Waals surface area contributed by atoms with Crippen molar-refractivity contribution in [2.45, 2.75) is 32.2 Å². The molecule has 1 fully saturated rings. The summed E-state index contributed by atoms with van der Waals surface area (Å²) in [5.74, 6) is -0.842. The van der Waals surface area contributed by atoms with Crippen molar-refractivity contribution in [2.24, 2.45) is 0 Å². The standard InChI is InChI=1S/C14H19NO2/c1-2-15-9-4-3-8-13(15)11-6-5-7-12(10-11)14(16)17/h5-7,10,13H,2-4,8-9H2,1H3,(H,16,17). The van der Waals surface area contributed by atoms with Gasteiger partial charge >= 0.3 is 5.97 Å². The second-order valence-electron chi connectivity index (χ2n) is 4.57. The van der Waals surface area contributed by atoms with Crippen molar-refractivity contribution in [3.05, 3.63) is 35.4 Å². The van der Waals surface area contributed by atoms with Crippen LogP contribution in [0.5, 0.6) is 0 Å². The minimum absolute atomic E-state index is 0.393. The number of hydrogen-bond acceptors (Lipinski definition) is 2. The van der Waals surface area contributed by atoms with Crippen molar-refractivity contribution >= 4 is 5.97 Å². The topological polar surface area (TPSA) is 40.5 Å². The molecule has 0 bridgehead atoms. The van der Waals surface area contributed by atoms with E-state index in [9.17, 15) is 4.79 Å². The second-order valence-corrected chi connectivity index (χ2v) is 4.57. The van der Waals surface area contributed by atoms with Gasteiger partial charge in [0.2, 0.25) is 0 Å². The Morgan fingerprint density at radius 2 is 2.29 bits per heavy atom. The van der Waals surface area contributed by atoms with Crippen LogP contribution in [0.2, 0.25) is 0 Å². The molecule has 92 valence electrons. The first-order valence-electron chi connectivity index (χ1n) is 6.29. The molecule has 1 heterocycles. The van der Waals surface area contributed by atoms with Crippen LogP contribution in [0.15, 0.2) is 24.3 Å². The fourth-order valence-corrected chi connectivity index (χ4v) is 2.63. The fraction of sp³-hybridized carbons (Fsp3) is 0.500. The van der Waals surface area contributed by atoms with Crippen molar-refractivity contribution in [2.75, 3.05) is 13.1 Å². The average molecular weight is 233 g/mol. The number of likely N-dealkylation sites (tertiary alicyclic amines) is 1. The summed E-state index contributed by atoms with van der Waals surface area (Å²) >= 11 is 0. The smallest absolute Gasteiger partial charge is 0.335 e. The zero-order chi connectivity index (χ0) is 12.3. The molecular formula is C14H19NO2. The summed E-state index contributed by atoms with van der Waals surface area (Å²) in [5, 5.41) is 9.02. The van der Waals surface area contributed by atoms with Gasteiger partial charge < -0.3 is 5.11 Å². The van der Waals surface area contributed by atoms with Gasteiger partial charge in [-0.2, -0.15) is 0 Å². The molecule has 1 unspecified atom stereocenters. The van der Waals surface area contributed by atoms with Crippen molar-refractivity contribution in [3.63, 3.8) is 0 Å². The molecule has 1 saturated heterocycles. The van der Waals surface area contributed by atoms with Gasteiger partial charge in [-0.3, -0.25) is 4.90 Å². The third kappa shape index (κ3) is 2.67. The van der Waals surface area contributed by atoms with Crippen LogP contribution >= 0.6 is 0 Å². The molecule has 1 aliphatic rings. The highest BCUT2D eigenvalue weighted by atomic mass is 16.4. The van der Waals surface area contributed by atoms with Crippen molar-refractivity contribution in [3.8, 4) is 0 Å². The van der Waals surface area contributed by atoms with Crippen molar-refractivity contribution < 1.29 is 9.90 Å². The summed E-state index contributed by atoms with van der Waals surface area (Å²) in [4.78, 5) is 13.4. The Labute approximate surface area is 102 Å². The molecule has 0 amide bonds. The number of hydrogen-bond donors (Lipinski definition) is 1. The van der Waals surface area contributed by atoms with E-state index >= 15 is 0 Å². The van der Waals surface area contributed by atoms with E-state index in [1.165, 1.54) is 12.8 Å². The predicted molar refractivity (Wildman–Crippen MR) is 67.2 cm³/mol. The van der Waals surface area contributed by atoms with Gasteiger partial charge in [0.15, 0.2) is 0 Å². The number of carbonyl (C=O) groups is 1. The summed E-state index contributed by atoms with van der Waals surface area (Å²) in [7, 11) is 0. The summed E-state index contributed by atoms with van der Waals surface area (Å²) in [6, 6.07) is 7.77. The van der Waals surface area contributed by atoms with Gasteiger partial charge in [-0.25, -0.2) is 4.79 Å². The molecule has 0 radical (unpaired) electrons. The van der Waals surface area contributed by atoms with E-state index in [4.69, 9.17) is 5.11 Å². The second kappa shape index (κ2) is 5.32. The number of piperidine rings is 1. The number of nitrogens with zero attached hydrogens (tertiary/aromatic N) is 1. The summed E-state index contributed by atoms with van der Waals surface area (Å²) in [6.07, 6.45) is 3.62. The van der Waals surface area contributed by atoms with Gasteiger partial charge in [0.25, 0.3) is 0 Å². The molecule has 0 aliphatic carbocycles. The molecule has 17 heavy (non-hydrogen) atoms.